The van der Waals surface area contributed by atoms with E-state index in [1.807, 2.05) is 12.1 Å². The molecule has 102 valence electrons. The third-order valence-electron chi connectivity index (χ3n) is 3.25. The normalized spacial score (nSPS) is 19.1. The Balaban J connectivity index is 1.56. The van der Waals surface area contributed by atoms with Crippen LogP contribution in [0.2, 0.25) is 0 Å². The number of urea groups is 1. The van der Waals surface area contributed by atoms with E-state index in [4.69, 9.17) is 4.74 Å². The van der Waals surface area contributed by atoms with Gasteiger partial charge in [-0.1, -0.05) is 0 Å². The zero-order valence-electron chi connectivity index (χ0n) is 10.8. The molecule has 2 aliphatic rings. The van der Waals surface area contributed by atoms with E-state index in [1.54, 1.807) is 6.20 Å². The Morgan fingerprint density at radius 2 is 2.11 bits per heavy atom. The van der Waals surface area contributed by atoms with Gasteiger partial charge in [0.25, 0.3) is 0 Å². The lowest BCUT2D eigenvalue weighted by molar-refractivity contribution is 0.122. The standard InChI is InChI=1S/C13H18N4O2/c18-13(15-10-1-2-10)16-11-3-4-12(14-9-11)17-5-7-19-8-6-17/h3-4,9-10H,1-2,5-8H2,(H2,15,16,18). The first-order valence-corrected chi connectivity index (χ1v) is 6.67. The molecule has 2 N–H and O–H groups in total. The van der Waals surface area contributed by atoms with E-state index in [0.717, 1.165) is 50.7 Å². The van der Waals surface area contributed by atoms with Crippen LogP contribution in [0.4, 0.5) is 16.3 Å². The zero-order chi connectivity index (χ0) is 13.1. The van der Waals surface area contributed by atoms with Gasteiger partial charge in [-0.2, -0.15) is 0 Å². The first-order chi connectivity index (χ1) is 9.31. The minimum Gasteiger partial charge on any atom is -0.378 e. The van der Waals surface area contributed by atoms with Crippen molar-refractivity contribution in [3.63, 3.8) is 0 Å². The summed E-state index contributed by atoms with van der Waals surface area (Å²) in [6, 6.07) is 4.02. The van der Waals surface area contributed by atoms with Gasteiger partial charge in [0.1, 0.15) is 5.82 Å². The van der Waals surface area contributed by atoms with Gasteiger partial charge in [0.15, 0.2) is 0 Å². The van der Waals surface area contributed by atoms with Crippen LogP contribution in [-0.4, -0.2) is 43.4 Å². The lowest BCUT2D eigenvalue weighted by atomic mass is 10.3. The number of aromatic nitrogens is 1. The number of hydrogen-bond donors (Lipinski definition) is 2. The lowest BCUT2D eigenvalue weighted by Crippen LogP contribution is -2.36. The molecule has 0 aromatic carbocycles. The second-order valence-electron chi connectivity index (χ2n) is 4.88. The molecule has 1 aromatic rings. The Labute approximate surface area is 112 Å². The maximum Gasteiger partial charge on any atom is 0.319 e. The van der Waals surface area contributed by atoms with Gasteiger partial charge in [-0.05, 0) is 25.0 Å². The molecule has 0 bridgehead atoms. The fourth-order valence-electron chi connectivity index (χ4n) is 2.02. The molecule has 3 rings (SSSR count). The molecule has 2 amide bonds. The van der Waals surface area contributed by atoms with E-state index in [-0.39, 0.29) is 6.03 Å². The largest absolute Gasteiger partial charge is 0.378 e. The molecule has 1 aromatic heterocycles. The first kappa shape index (κ1) is 12.2. The van der Waals surface area contributed by atoms with Crippen LogP contribution in [0.5, 0.6) is 0 Å². The number of carbonyl (C=O) groups excluding carboxylic acids is 1. The number of ether oxygens (including phenoxy) is 1. The minimum absolute atomic E-state index is 0.150. The van der Waals surface area contributed by atoms with Crippen molar-refractivity contribution in [2.24, 2.45) is 0 Å². The molecule has 1 aliphatic carbocycles. The van der Waals surface area contributed by atoms with Gasteiger partial charge in [0.2, 0.25) is 0 Å². The van der Waals surface area contributed by atoms with E-state index in [2.05, 4.69) is 20.5 Å². The second-order valence-corrected chi connectivity index (χ2v) is 4.88. The highest BCUT2D eigenvalue weighted by molar-refractivity contribution is 5.89. The summed E-state index contributed by atoms with van der Waals surface area (Å²) in [7, 11) is 0. The molecule has 2 fully saturated rings. The van der Waals surface area contributed by atoms with Crippen LogP contribution in [-0.2, 0) is 4.74 Å². The molecule has 2 heterocycles. The highest BCUT2D eigenvalue weighted by Crippen LogP contribution is 2.19. The van der Waals surface area contributed by atoms with Crippen LogP contribution < -0.4 is 15.5 Å². The van der Waals surface area contributed by atoms with Crippen LogP contribution in [0.15, 0.2) is 18.3 Å². The average molecular weight is 262 g/mol. The Morgan fingerprint density at radius 1 is 1.32 bits per heavy atom. The SMILES string of the molecule is O=C(Nc1ccc(N2CCOCC2)nc1)NC1CC1. The molecule has 1 saturated carbocycles. The van der Waals surface area contributed by atoms with Crippen molar-refractivity contribution in [3.05, 3.63) is 18.3 Å². The summed E-state index contributed by atoms with van der Waals surface area (Å²) in [6.45, 7) is 3.21. The summed E-state index contributed by atoms with van der Waals surface area (Å²) in [6.07, 6.45) is 3.86. The quantitative estimate of drug-likeness (QED) is 0.859. The van der Waals surface area contributed by atoms with Gasteiger partial charge in [0.05, 0.1) is 25.1 Å². The number of carbonyl (C=O) groups is 1. The summed E-state index contributed by atoms with van der Waals surface area (Å²) in [5.41, 5.74) is 0.718. The number of morpholine rings is 1. The van der Waals surface area contributed by atoms with Crippen molar-refractivity contribution in [2.75, 3.05) is 36.5 Å². The summed E-state index contributed by atoms with van der Waals surface area (Å²) in [4.78, 5) is 18.1. The maximum absolute atomic E-state index is 11.6. The van der Waals surface area contributed by atoms with Crippen LogP contribution >= 0.6 is 0 Å². The van der Waals surface area contributed by atoms with Gasteiger partial charge >= 0.3 is 6.03 Å². The molecule has 0 atom stereocenters. The molecule has 0 unspecified atom stereocenters. The Morgan fingerprint density at radius 3 is 2.74 bits per heavy atom. The molecule has 0 spiro atoms. The fourth-order valence-corrected chi connectivity index (χ4v) is 2.02. The number of amides is 2. The molecule has 1 aliphatic heterocycles. The first-order valence-electron chi connectivity index (χ1n) is 6.67. The number of pyridine rings is 1. The van der Waals surface area contributed by atoms with Crippen molar-refractivity contribution < 1.29 is 9.53 Å². The molecule has 6 heteroatoms. The van der Waals surface area contributed by atoms with Crippen molar-refractivity contribution in [3.8, 4) is 0 Å². The number of nitrogens with zero attached hydrogens (tertiary/aromatic N) is 2. The Hall–Kier alpha value is -1.82. The van der Waals surface area contributed by atoms with Gasteiger partial charge < -0.3 is 20.3 Å². The van der Waals surface area contributed by atoms with Crippen molar-refractivity contribution in [1.29, 1.82) is 0 Å². The third-order valence-corrected chi connectivity index (χ3v) is 3.25. The third kappa shape index (κ3) is 3.35. The second kappa shape index (κ2) is 5.44. The summed E-state index contributed by atoms with van der Waals surface area (Å²) in [5, 5.41) is 5.66. The molecular weight excluding hydrogens is 244 g/mol. The van der Waals surface area contributed by atoms with Crippen LogP contribution in [0.25, 0.3) is 0 Å². The number of rotatable bonds is 3. The van der Waals surface area contributed by atoms with E-state index in [0.29, 0.717) is 6.04 Å². The zero-order valence-corrected chi connectivity index (χ0v) is 10.8. The van der Waals surface area contributed by atoms with Gasteiger partial charge in [-0.25, -0.2) is 9.78 Å². The van der Waals surface area contributed by atoms with Crippen LogP contribution in [0.1, 0.15) is 12.8 Å². The predicted octanol–water partition coefficient (Wildman–Crippen LogP) is 1.20. The van der Waals surface area contributed by atoms with E-state index in [9.17, 15) is 4.79 Å². The van der Waals surface area contributed by atoms with Crippen molar-refractivity contribution in [1.82, 2.24) is 10.3 Å². The van der Waals surface area contributed by atoms with Crippen molar-refractivity contribution in [2.45, 2.75) is 18.9 Å². The molecule has 1 saturated heterocycles. The molecule has 0 radical (unpaired) electrons. The van der Waals surface area contributed by atoms with Gasteiger partial charge in [-0.3, -0.25) is 0 Å². The van der Waals surface area contributed by atoms with Crippen LogP contribution in [0, 0.1) is 0 Å². The van der Waals surface area contributed by atoms with Gasteiger partial charge in [-0.15, -0.1) is 0 Å². The van der Waals surface area contributed by atoms with Gasteiger partial charge in [0, 0.05) is 19.1 Å². The fraction of sp³-hybridized carbons (Fsp3) is 0.538. The molecule has 6 nitrogen and oxygen atoms in total. The van der Waals surface area contributed by atoms with E-state index >= 15 is 0 Å². The molecular formula is C13H18N4O2. The van der Waals surface area contributed by atoms with E-state index in [1.165, 1.54) is 0 Å². The number of anilines is 2. The average Bonchev–Trinajstić information content (AvgIpc) is 3.24. The topological polar surface area (TPSA) is 66.5 Å². The monoisotopic (exact) mass is 262 g/mol. The minimum atomic E-state index is -0.150. The summed E-state index contributed by atoms with van der Waals surface area (Å²) in [5.74, 6) is 0.927. The highest BCUT2D eigenvalue weighted by Gasteiger charge is 2.23. The maximum atomic E-state index is 11.6. The van der Waals surface area contributed by atoms with Crippen molar-refractivity contribution >= 4 is 17.5 Å². The summed E-state index contributed by atoms with van der Waals surface area (Å²) >= 11 is 0. The number of nitrogens with one attached hydrogen (secondary N) is 2. The van der Waals surface area contributed by atoms with E-state index < -0.39 is 0 Å². The number of hydrogen-bond acceptors (Lipinski definition) is 4. The smallest absolute Gasteiger partial charge is 0.319 e. The lowest BCUT2D eigenvalue weighted by Gasteiger charge is -2.27. The molecule has 19 heavy (non-hydrogen) atoms. The summed E-state index contributed by atoms with van der Waals surface area (Å²) < 4.78 is 5.31. The Kier molecular flexibility index (Phi) is 3.50. The Bertz CT molecular complexity index is 438. The highest BCUT2D eigenvalue weighted by atomic mass is 16.5. The van der Waals surface area contributed by atoms with Crippen LogP contribution in [0.3, 0.4) is 0 Å². The predicted molar refractivity (Wildman–Crippen MR) is 72.4 cm³/mol.